The zero-order valence-electron chi connectivity index (χ0n) is 12.4. The van der Waals surface area contributed by atoms with Crippen molar-refractivity contribution in [3.63, 3.8) is 0 Å². The molecular formula is C16H24N2OS. The van der Waals surface area contributed by atoms with Gasteiger partial charge in [-0.2, -0.15) is 0 Å². The number of carbonyl (C=O) groups excluding carboxylic acids is 1. The summed E-state index contributed by atoms with van der Waals surface area (Å²) in [4.78, 5) is 15.9. The van der Waals surface area contributed by atoms with Crippen molar-refractivity contribution in [2.45, 2.75) is 35.3 Å². The van der Waals surface area contributed by atoms with Gasteiger partial charge in [0, 0.05) is 18.0 Å². The van der Waals surface area contributed by atoms with Gasteiger partial charge in [-0.3, -0.25) is 4.79 Å². The minimum Gasteiger partial charge on any atom is -0.354 e. The topological polar surface area (TPSA) is 32.3 Å². The summed E-state index contributed by atoms with van der Waals surface area (Å²) in [5.41, 5.74) is 0. The van der Waals surface area contributed by atoms with E-state index >= 15 is 0 Å². The van der Waals surface area contributed by atoms with Crippen LogP contribution in [0.2, 0.25) is 0 Å². The van der Waals surface area contributed by atoms with Crippen LogP contribution in [0.25, 0.3) is 0 Å². The molecule has 1 fully saturated rings. The van der Waals surface area contributed by atoms with Crippen molar-refractivity contribution in [3.8, 4) is 0 Å². The number of amides is 1. The largest absolute Gasteiger partial charge is 0.354 e. The Morgan fingerprint density at radius 2 is 1.90 bits per heavy atom. The number of likely N-dealkylation sites (N-methyl/N-ethyl adjacent to an activating group) is 1. The third kappa shape index (κ3) is 4.00. The van der Waals surface area contributed by atoms with Crippen LogP contribution < -0.4 is 5.32 Å². The van der Waals surface area contributed by atoms with Gasteiger partial charge in [-0.1, -0.05) is 31.0 Å². The lowest BCUT2D eigenvalue weighted by molar-refractivity contribution is -0.123. The van der Waals surface area contributed by atoms with E-state index < -0.39 is 0 Å². The average Bonchev–Trinajstić information content (AvgIpc) is 2.89. The number of benzene rings is 1. The Labute approximate surface area is 126 Å². The molecule has 0 heterocycles. The molecule has 1 N–H and O–H groups in total. The molecule has 0 atom stereocenters. The Morgan fingerprint density at radius 3 is 2.50 bits per heavy atom. The summed E-state index contributed by atoms with van der Waals surface area (Å²) < 4.78 is -0.256. The molecule has 0 aliphatic heterocycles. The predicted octanol–water partition coefficient (Wildman–Crippen LogP) is 2.77. The van der Waals surface area contributed by atoms with Crippen molar-refractivity contribution in [2.24, 2.45) is 0 Å². The van der Waals surface area contributed by atoms with E-state index in [4.69, 9.17) is 0 Å². The first-order valence-electron chi connectivity index (χ1n) is 7.29. The molecule has 2 rings (SSSR count). The minimum atomic E-state index is -0.256. The molecule has 1 amide bonds. The van der Waals surface area contributed by atoms with Gasteiger partial charge < -0.3 is 10.2 Å². The van der Waals surface area contributed by atoms with E-state index in [1.165, 1.54) is 4.90 Å². The standard InChI is InChI=1S/C16H24N2OS/c1-18(2)13-12-17-15(19)16(10-6-7-11-16)20-14-8-4-3-5-9-14/h3-5,8-9H,6-7,10-13H2,1-2H3,(H,17,19). The highest BCUT2D eigenvalue weighted by atomic mass is 32.2. The number of carbonyl (C=O) groups is 1. The Balaban J connectivity index is 2.00. The lowest BCUT2D eigenvalue weighted by Gasteiger charge is -2.27. The first-order valence-corrected chi connectivity index (χ1v) is 8.11. The molecule has 20 heavy (non-hydrogen) atoms. The molecule has 0 spiro atoms. The van der Waals surface area contributed by atoms with E-state index in [1.807, 2.05) is 32.3 Å². The van der Waals surface area contributed by atoms with Gasteiger partial charge in [-0.25, -0.2) is 0 Å². The Hall–Kier alpha value is -1.00. The van der Waals surface area contributed by atoms with Gasteiger partial charge in [0.1, 0.15) is 0 Å². The number of nitrogens with one attached hydrogen (secondary N) is 1. The number of rotatable bonds is 6. The predicted molar refractivity (Wildman–Crippen MR) is 85.1 cm³/mol. The van der Waals surface area contributed by atoms with Gasteiger partial charge in [0.25, 0.3) is 0 Å². The smallest absolute Gasteiger partial charge is 0.236 e. The highest BCUT2D eigenvalue weighted by Gasteiger charge is 2.41. The van der Waals surface area contributed by atoms with E-state index in [-0.39, 0.29) is 10.7 Å². The van der Waals surface area contributed by atoms with Crippen LogP contribution in [0.5, 0.6) is 0 Å². The maximum Gasteiger partial charge on any atom is 0.236 e. The van der Waals surface area contributed by atoms with E-state index in [0.717, 1.165) is 38.8 Å². The van der Waals surface area contributed by atoms with Crippen molar-refractivity contribution in [1.29, 1.82) is 0 Å². The normalized spacial score (nSPS) is 17.4. The van der Waals surface area contributed by atoms with Crippen LogP contribution in [0.15, 0.2) is 35.2 Å². The zero-order valence-corrected chi connectivity index (χ0v) is 13.2. The SMILES string of the molecule is CN(C)CCNC(=O)C1(Sc2ccccc2)CCCC1. The highest BCUT2D eigenvalue weighted by Crippen LogP contribution is 2.45. The highest BCUT2D eigenvalue weighted by molar-refractivity contribution is 8.01. The molecule has 0 bridgehead atoms. The van der Waals surface area contributed by atoms with Gasteiger partial charge in [0.15, 0.2) is 0 Å². The monoisotopic (exact) mass is 292 g/mol. The summed E-state index contributed by atoms with van der Waals surface area (Å²) in [5.74, 6) is 0.214. The van der Waals surface area contributed by atoms with Crippen molar-refractivity contribution in [3.05, 3.63) is 30.3 Å². The van der Waals surface area contributed by atoms with Crippen LogP contribution in [0.3, 0.4) is 0 Å². The Kier molecular flexibility index (Phi) is 5.49. The second kappa shape index (κ2) is 7.14. The summed E-state index contributed by atoms with van der Waals surface area (Å²) in [6, 6.07) is 10.3. The fraction of sp³-hybridized carbons (Fsp3) is 0.562. The second-order valence-electron chi connectivity index (χ2n) is 5.68. The molecule has 1 aromatic carbocycles. The van der Waals surface area contributed by atoms with Crippen LogP contribution >= 0.6 is 11.8 Å². The Bertz CT molecular complexity index is 427. The third-order valence-corrected chi connectivity index (χ3v) is 5.22. The van der Waals surface area contributed by atoms with Crippen LogP contribution in [0.1, 0.15) is 25.7 Å². The zero-order chi connectivity index (χ0) is 14.4. The summed E-state index contributed by atoms with van der Waals surface area (Å²) in [6.45, 7) is 1.61. The van der Waals surface area contributed by atoms with Crippen molar-refractivity contribution >= 4 is 17.7 Å². The maximum absolute atomic E-state index is 12.6. The lowest BCUT2D eigenvalue weighted by Crippen LogP contribution is -2.44. The molecule has 1 aliphatic carbocycles. The molecule has 0 saturated heterocycles. The van der Waals surface area contributed by atoms with E-state index in [0.29, 0.717) is 0 Å². The molecule has 1 saturated carbocycles. The number of nitrogens with zero attached hydrogens (tertiary/aromatic N) is 1. The van der Waals surface area contributed by atoms with Crippen LogP contribution in [0.4, 0.5) is 0 Å². The first kappa shape index (κ1) is 15.4. The molecular weight excluding hydrogens is 268 g/mol. The first-order chi connectivity index (χ1) is 9.62. The van der Waals surface area contributed by atoms with E-state index in [2.05, 4.69) is 22.3 Å². The third-order valence-electron chi connectivity index (χ3n) is 3.73. The molecule has 3 nitrogen and oxygen atoms in total. The molecule has 0 aromatic heterocycles. The lowest BCUT2D eigenvalue weighted by atomic mass is 10.1. The van der Waals surface area contributed by atoms with Gasteiger partial charge in [0.05, 0.1) is 4.75 Å². The number of thioether (sulfide) groups is 1. The minimum absolute atomic E-state index is 0.214. The van der Waals surface area contributed by atoms with Crippen LogP contribution in [0, 0.1) is 0 Å². The summed E-state index contributed by atoms with van der Waals surface area (Å²) >= 11 is 1.74. The van der Waals surface area contributed by atoms with Crippen molar-refractivity contribution < 1.29 is 4.79 Å². The van der Waals surface area contributed by atoms with Gasteiger partial charge in [0.2, 0.25) is 5.91 Å². The summed E-state index contributed by atoms with van der Waals surface area (Å²) in [7, 11) is 4.05. The number of hydrogen-bond donors (Lipinski definition) is 1. The van der Waals surface area contributed by atoms with E-state index in [1.54, 1.807) is 11.8 Å². The van der Waals surface area contributed by atoms with Gasteiger partial charge in [-0.05, 0) is 39.1 Å². The van der Waals surface area contributed by atoms with Crippen molar-refractivity contribution in [1.82, 2.24) is 10.2 Å². The Morgan fingerprint density at radius 1 is 1.25 bits per heavy atom. The second-order valence-corrected chi connectivity index (χ2v) is 7.13. The van der Waals surface area contributed by atoms with Crippen LogP contribution in [-0.2, 0) is 4.79 Å². The average molecular weight is 292 g/mol. The quantitative estimate of drug-likeness (QED) is 0.875. The molecule has 0 radical (unpaired) electrons. The number of hydrogen-bond acceptors (Lipinski definition) is 3. The summed E-state index contributed by atoms with van der Waals surface area (Å²) in [5, 5.41) is 3.12. The van der Waals surface area contributed by atoms with Gasteiger partial charge >= 0.3 is 0 Å². The molecule has 110 valence electrons. The molecule has 0 unspecified atom stereocenters. The molecule has 1 aliphatic rings. The van der Waals surface area contributed by atoms with Gasteiger partial charge in [-0.15, -0.1) is 11.8 Å². The molecule has 4 heteroatoms. The van der Waals surface area contributed by atoms with Crippen molar-refractivity contribution in [2.75, 3.05) is 27.2 Å². The fourth-order valence-corrected chi connectivity index (χ4v) is 3.99. The maximum atomic E-state index is 12.6. The molecule has 1 aromatic rings. The fourth-order valence-electron chi connectivity index (χ4n) is 2.59. The summed E-state index contributed by atoms with van der Waals surface area (Å²) in [6.07, 6.45) is 4.28. The van der Waals surface area contributed by atoms with E-state index in [9.17, 15) is 4.79 Å². The van der Waals surface area contributed by atoms with Crippen LogP contribution in [-0.4, -0.2) is 42.7 Å².